The Labute approximate surface area is 65.7 Å². The third-order valence-electron chi connectivity index (χ3n) is 1.59. The van der Waals surface area contributed by atoms with Gasteiger partial charge in [-0.3, -0.25) is 0 Å². The van der Waals surface area contributed by atoms with Crippen LogP contribution >= 0.6 is 0 Å². The number of hydrogen-bond donors (Lipinski definition) is 2. The van der Waals surface area contributed by atoms with Gasteiger partial charge in [0.1, 0.15) is 6.10 Å². The van der Waals surface area contributed by atoms with Crippen LogP contribution in [0, 0.1) is 0 Å². The molecule has 0 aliphatic carbocycles. The first-order valence-corrected chi connectivity index (χ1v) is 3.83. The summed E-state index contributed by atoms with van der Waals surface area (Å²) < 4.78 is 10.0. The van der Waals surface area contributed by atoms with Gasteiger partial charge >= 0.3 is 0 Å². The minimum atomic E-state index is -1.13. The second-order valence-corrected chi connectivity index (χ2v) is 2.71. The number of hydrogen-bond acceptors (Lipinski definition) is 4. The average Bonchev–Trinajstić information content (AvgIpc) is 2.39. The lowest BCUT2D eigenvalue weighted by atomic mass is 10.3. The van der Waals surface area contributed by atoms with Crippen molar-refractivity contribution >= 4 is 0 Å². The van der Waals surface area contributed by atoms with E-state index in [1.807, 2.05) is 0 Å². The van der Waals surface area contributed by atoms with Crippen LogP contribution in [-0.2, 0) is 9.47 Å². The van der Waals surface area contributed by atoms with Crippen molar-refractivity contribution in [1.29, 1.82) is 0 Å². The highest BCUT2D eigenvalue weighted by Crippen LogP contribution is 2.15. The topological polar surface area (TPSA) is 58.9 Å². The summed E-state index contributed by atoms with van der Waals surface area (Å²) in [5.74, 6) is 0. The van der Waals surface area contributed by atoms with E-state index in [-0.39, 0.29) is 6.29 Å². The zero-order valence-electron chi connectivity index (χ0n) is 6.56. The molecule has 0 saturated carbocycles. The molecule has 0 bridgehead atoms. The molecule has 1 rings (SSSR count). The summed E-state index contributed by atoms with van der Waals surface area (Å²) in [6.45, 7) is 2.15. The minimum Gasteiger partial charge on any atom is -0.388 e. The highest BCUT2D eigenvalue weighted by atomic mass is 16.7. The molecule has 3 unspecified atom stereocenters. The minimum absolute atomic E-state index is 0.334. The van der Waals surface area contributed by atoms with Gasteiger partial charge in [0, 0.05) is 13.0 Å². The van der Waals surface area contributed by atoms with Crippen molar-refractivity contribution in [2.24, 2.45) is 0 Å². The number of rotatable bonds is 3. The number of aliphatic hydroxyl groups excluding tert-OH is 2. The Hall–Kier alpha value is -0.160. The van der Waals surface area contributed by atoms with E-state index in [4.69, 9.17) is 19.7 Å². The summed E-state index contributed by atoms with van der Waals surface area (Å²) in [6.07, 6.45) is -0.571. The van der Waals surface area contributed by atoms with Crippen LogP contribution in [0.5, 0.6) is 0 Å². The average molecular weight is 162 g/mol. The summed E-state index contributed by atoms with van der Waals surface area (Å²) in [6, 6.07) is 0. The normalized spacial score (nSPS) is 30.3. The molecule has 2 N–H and O–H groups in total. The molecule has 0 aromatic heterocycles. The van der Waals surface area contributed by atoms with E-state index in [1.54, 1.807) is 0 Å². The fraction of sp³-hybridized carbons (Fsp3) is 1.00. The molecule has 4 nitrogen and oxygen atoms in total. The third-order valence-corrected chi connectivity index (χ3v) is 1.59. The Morgan fingerprint density at radius 1 is 1.55 bits per heavy atom. The third kappa shape index (κ3) is 2.75. The van der Waals surface area contributed by atoms with Crippen LogP contribution in [0.3, 0.4) is 0 Å². The highest BCUT2D eigenvalue weighted by Gasteiger charge is 2.21. The molecule has 1 fully saturated rings. The van der Waals surface area contributed by atoms with E-state index < -0.39 is 12.4 Å². The first-order valence-electron chi connectivity index (χ1n) is 3.83. The first kappa shape index (κ1) is 8.93. The van der Waals surface area contributed by atoms with Gasteiger partial charge in [0.05, 0.1) is 0 Å². The molecule has 3 atom stereocenters. The molecule has 1 aliphatic rings. The lowest BCUT2D eigenvalue weighted by Crippen LogP contribution is -2.30. The van der Waals surface area contributed by atoms with Crippen LogP contribution in [0.15, 0.2) is 0 Å². The van der Waals surface area contributed by atoms with Gasteiger partial charge < -0.3 is 19.7 Å². The SMILES string of the molecule is CC(O)C(O)OC1CCCO1. The Bertz CT molecular complexity index is 109. The highest BCUT2D eigenvalue weighted by molar-refractivity contribution is 4.57. The molecule has 1 aliphatic heterocycles. The maximum atomic E-state index is 9.03. The first-order chi connectivity index (χ1) is 5.20. The van der Waals surface area contributed by atoms with Crippen LogP contribution < -0.4 is 0 Å². The Morgan fingerprint density at radius 3 is 2.73 bits per heavy atom. The van der Waals surface area contributed by atoms with Gasteiger partial charge in [0.25, 0.3) is 0 Å². The van der Waals surface area contributed by atoms with Crippen LogP contribution in [0.2, 0.25) is 0 Å². The van der Waals surface area contributed by atoms with Crippen LogP contribution in [0.25, 0.3) is 0 Å². The van der Waals surface area contributed by atoms with Crippen LogP contribution in [0.4, 0.5) is 0 Å². The van der Waals surface area contributed by atoms with Gasteiger partial charge in [-0.2, -0.15) is 0 Å². The van der Waals surface area contributed by atoms with E-state index in [1.165, 1.54) is 6.92 Å². The lowest BCUT2D eigenvalue weighted by Gasteiger charge is -2.18. The van der Waals surface area contributed by atoms with E-state index in [2.05, 4.69) is 0 Å². The van der Waals surface area contributed by atoms with E-state index in [9.17, 15) is 0 Å². The standard InChI is InChI=1S/C7H14O4/c1-5(8)7(9)11-6-3-2-4-10-6/h5-9H,2-4H2,1H3. The maximum Gasteiger partial charge on any atom is 0.183 e. The molecule has 0 amide bonds. The quantitative estimate of drug-likeness (QED) is 0.566. The van der Waals surface area contributed by atoms with Gasteiger partial charge in [-0.1, -0.05) is 0 Å². The fourth-order valence-electron chi connectivity index (χ4n) is 0.925. The van der Waals surface area contributed by atoms with Crippen molar-refractivity contribution in [2.45, 2.75) is 38.4 Å². The fourth-order valence-corrected chi connectivity index (χ4v) is 0.925. The predicted octanol–water partition coefficient (Wildman–Crippen LogP) is -0.161. The number of ether oxygens (including phenoxy) is 2. The smallest absolute Gasteiger partial charge is 0.183 e. The second-order valence-electron chi connectivity index (χ2n) is 2.71. The van der Waals surface area contributed by atoms with E-state index in [0.29, 0.717) is 6.61 Å². The summed E-state index contributed by atoms with van der Waals surface area (Å²) in [5, 5.41) is 17.9. The molecule has 66 valence electrons. The predicted molar refractivity (Wildman–Crippen MR) is 37.7 cm³/mol. The molecule has 0 spiro atoms. The van der Waals surface area contributed by atoms with Crippen molar-refractivity contribution in [3.05, 3.63) is 0 Å². The van der Waals surface area contributed by atoms with E-state index >= 15 is 0 Å². The maximum absolute atomic E-state index is 9.03. The molecular formula is C7H14O4. The molecule has 0 radical (unpaired) electrons. The molecule has 1 saturated heterocycles. The summed E-state index contributed by atoms with van der Waals surface area (Å²) in [4.78, 5) is 0. The summed E-state index contributed by atoms with van der Waals surface area (Å²) in [5.41, 5.74) is 0. The molecule has 4 heteroatoms. The molecule has 0 aromatic carbocycles. The molecule has 1 heterocycles. The monoisotopic (exact) mass is 162 g/mol. The zero-order chi connectivity index (χ0) is 8.27. The van der Waals surface area contributed by atoms with Gasteiger partial charge in [-0.15, -0.1) is 0 Å². The van der Waals surface area contributed by atoms with Crippen molar-refractivity contribution in [3.8, 4) is 0 Å². The van der Waals surface area contributed by atoms with Crippen molar-refractivity contribution in [2.75, 3.05) is 6.61 Å². The van der Waals surface area contributed by atoms with Crippen molar-refractivity contribution < 1.29 is 19.7 Å². The van der Waals surface area contributed by atoms with Crippen LogP contribution in [-0.4, -0.2) is 35.5 Å². The van der Waals surface area contributed by atoms with Crippen molar-refractivity contribution in [3.63, 3.8) is 0 Å². The van der Waals surface area contributed by atoms with Crippen molar-refractivity contribution in [1.82, 2.24) is 0 Å². The Morgan fingerprint density at radius 2 is 2.27 bits per heavy atom. The Balaban J connectivity index is 2.18. The Kier molecular flexibility index (Phi) is 3.26. The molecule has 11 heavy (non-hydrogen) atoms. The van der Waals surface area contributed by atoms with Gasteiger partial charge in [-0.25, -0.2) is 0 Å². The summed E-state index contributed by atoms with van der Waals surface area (Å²) >= 11 is 0. The van der Waals surface area contributed by atoms with Gasteiger partial charge in [0.15, 0.2) is 12.6 Å². The largest absolute Gasteiger partial charge is 0.388 e. The number of aliphatic hydroxyl groups is 2. The molecule has 0 aromatic rings. The van der Waals surface area contributed by atoms with Crippen LogP contribution in [0.1, 0.15) is 19.8 Å². The molecular weight excluding hydrogens is 148 g/mol. The zero-order valence-corrected chi connectivity index (χ0v) is 6.56. The van der Waals surface area contributed by atoms with Gasteiger partial charge in [0.2, 0.25) is 0 Å². The van der Waals surface area contributed by atoms with Gasteiger partial charge in [-0.05, 0) is 13.3 Å². The summed E-state index contributed by atoms with van der Waals surface area (Å²) in [7, 11) is 0. The second kappa shape index (κ2) is 4.01. The lowest BCUT2D eigenvalue weighted by molar-refractivity contribution is -0.239. The van der Waals surface area contributed by atoms with E-state index in [0.717, 1.165) is 12.8 Å².